The molecule has 0 aromatic carbocycles. The van der Waals surface area contributed by atoms with Crippen molar-refractivity contribution < 1.29 is 26.5 Å². The zero-order valence-corrected chi connectivity index (χ0v) is 9.75. The summed E-state index contributed by atoms with van der Waals surface area (Å²) in [5, 5.41) is 0. The van der Waals surface area contributed by atoms with Crippen LogP contribution in [0.15, 0.2) is 21.5 Å². The van der Waals surface area contributed by atoms with Gasteiger partial charge in [0.1, 0.15) is 0 Å². The summed E-state index contributed by atoms with van der Waals surface area (Å²) in [6.07, 6.45) is 7.61. The average Bonchev–Trinajstić information content (AvgIpc) is 2.19. The van der Waals surface area contributed by atoms with Gasteiger partial charge >= 0.3 is 61.5 Å². The Morgan fingerprint density at radius 3 is 2.60 bits per heavy atom. The maximum absolute atomic E-state index is 5.09. The van der Waals surface area contributed by atoms with Crippen LogP contribution >= 0.6 is 24.8 Å². The SMILES string of the molecule is C[O][Zr][C]1=CC=CC1.Cl.Cl. The number of allylic oxidation sites excluding steroid dienone is 4. The van der Waals surface area contributed by atoms with E-state index < -0.39 is 23.7 Å². The van der Waals surface area contributed by atoms with Gasteiger partial charge in [0.15, 0.2) is 0 Å². The molecule has 0 spiro atoms. The van der Waals surface area contributed by atoms with E-state index in [-0.39, 0.29) is 24.8 Å². The van der Waals surface area contributed by atoms with Crippen molar-refractivity contribution in [3.63, 3.8) is 0 Å². The van der Waals surface area contributed by atoms with E-state index in [2.05, 4.69) is 18.2 Å². The molecule has 0 amide bonds. The van der Waals surface area contributed by atoms with Crippen molar-refractivity contribution in [3.05, 3.63) is 21.5 Å². The van der Waals surface area contributed by atoms with Gasteiger partial charge in [0.05, 0.1) is 0 Å². The summed E-state index contributed by atoms with van der Waals surface area (Å²) in [4.78, 5) is 0. The van der Waals surface area contributed by atoms with Crippen molar-refractivity contribution in [2.24, 2.45) is 0 Å². The predicted molar refractivity (Wildman–Crippen MR) is 43.3 cm³/mol. The minimum Gasteiger partial charge on any atom is -0.147 e. The molecule has 0 aromatic rings. The smallest absolute Gasteiger partial charge is 0.147 e. The molecular formula is C6H10Cl2OZr. The summed E-state index contributed by atoms with van der Waals surface area (Å²) in [7, 11) is 1.80. The molecule has 58 valence electrons. The number of hydrogen-bond acceptors (Lipinski definition) is 1. The second-order valence-corrected chi connectivity index (χ2v) is 4.71. The van der Waals surface area contributed by atoms with Gasteiger partial charge in [-0.25, -0.2) is 0 Å². The Kier molecular flexibility index (Phi) is 10.8. The van der Waals surface area contributed by atoms with Gasteiger partial charge in [-0.3, -0.25) is 0 Å². The fraction of sp³-hybridized carbons (Fsp3) is 0.333. The van der Waals surface area contributed by atoms with Crippen molar-refractivity contribution in [2.45, 2.75) is 6.42 Å². The van der Waals surface area contributed by atoms with Gasteiger partial charge in [-0.15, -0.1) is 24.8 Å². The molecule has 0 radical (unpaired) electrons. The minimum absolute atomic E-state index is 0. The van der Waals surface area contributed by atoms with Crippen LogP contribution in [0, 0.1) is 0 Å². The molecule has 4 heteroatoms. The van der Waals surface area contributed by atoms with Crippen LogP contribution in [0.3, 0.4) is 0 Å². The molecule has 0 unspecified atom stereocenters. The second kappa shape index (κ2) is 8.00. The fourth-order valence-corrected chi connectivity index (χ4v) is 2.20. The number of halogens is 2. The summed E-state index contributed by atoms with van der Waals surface area (Å²) in [5.74, 6) is 0. The van der Waals surface area contributed by atoms with Crippen molar-refractivity contribution in [1.82, 2.24) is 0 Å². The van der Waals surface area contributed by atoms with E-state index >= 15 is 0 Å². The molecular weight excluding hydrogens is 250 g/mol. The van der Waals surface area contributed by atoms with Crippen LogP contribution in [-0.4, -0.2) is 7.11 Å². The van der Waals surface area contributed by atoms with E-state index in [1.54, 1.807) is 7.11 Å². The van der Waals surface area contributed by atoms with E-state index in [9.17, 15) is 0 Å². The first-order valence-electron chi connectivity index (χ1n) is 2.58. The maximum Gasteiger partial charge on any atom is -0.147 e. The van der Waals surface area contributed by atoms with Crippen LogP contribution in [0.5, 0.6) is 0 Å². The third-order valence-corrected chi connectivity index (χ3v) is 3.06. The van der Waals surface area contributed by atoms with Gasteiger partial charge in [-0.05, 0) is 0 Å². The largest absolute Gasteiger partial charge is 0.147 e. The molecule has 1 aliphatic rings. The average molecular weight is 260 g/mol. The zero-order chi connectivity index (χ0) is 5.82. The summed E-state index contributed by atoms with van der Waals surface area (Å²) in [5.41, 5.74) is 0. The van der Waals surface area contributed by atoms with Gasteiger partial charge in [-0.1, -0.05) is 0 Å². The van der Waals surface area contributed by atoms with Crippen molar-refractivity contribution in [2.75, 3.05) is 7.11 Å². The van der Waals surface area contributed by atoms with Crippen molar-refractivity contribution in [3.8, 4) is 0 Å². The Morgan fingerprint density at radius 1 is 1.50 bits per heavy atom. The molecule has 1 nitrogen and oxygen atoms in total. The predicted octanol–water partition coefficient (Wildman–Crippen LogP) is 2.32. The van der Waals surface area contributed by atoms with Gasteiger partial charge in [0, 0.05) is 0 Å². The third-order valence-electron chi connectivity index (χ3n) is 1.00. The number of rotatable bonds is 2. The van der Waals surface area contributed by atoms with Gasteiger partial charge < -0.3 is 0 Å². The summed E-state index contributed by atoms with van der Waals surface area (Å²) < 4.78 is 6.63. The molecule has 0 heterocycles. The van der Waals surface area contributed by atoms with Crippen LogP contribution in [-0.2, 0) is 26.5 Å². The molecule has 10 heavy (non-hydrogen) atoms. The van der Waals surface area contributed by atoms with E-state index in [1.165, 1.54) is 3.28 Å². The van der Waals surface area contributed by atoms with Crippen molar-refractivity contribution in [1.29, 1.82) is 0 Å². The van der Waals surface area contributed by atoms with Crippen LogP contribution in [0.25, 0.3) is 0 Å². The first-order valence-corrected chi connectivity index (χ1v) is 4.81. The zero-order valence-electron chi connectivity index (χ0n) is 5.66. The molecule has 0 aromatic heterocycles. The molecule has 0 saturated heterocycles. The summed E-state index contributed by atoms with van der Waals surface area (Å²) >= 11 is -0.547. The number of hydrogen-bond donors (Lipinski definition) is 0. The first kappa shape index (κ1) is 13.5. The molecule has 0 N–H and O–H groups in total. The minimum atomic E-state index is -0.547. The maximum atomic E-state index is 5.09. The topological polar surface area (TPSA) is 9.23 Å². The molecule has 0 fully saturated rings. The molecule has 0 atom stereocenters. The molecule has 0 saturated carbocycles. The molecule has 1 aliphatic carbocycles. The van der Waals surface area contributed by atoms with Gasteiger partial charge in [0.25, 0.3) is 0 Å². The quantitative estimate of drug-likeness (QED) is 0.740. The Balaban J connectivity index is 0. The second-order valence-electron chi connectivity index (χ2n) is 1.63. The molecule has 0 aliphatic heterocycles. The fourth-order valence-electron chi connectivity index (χ4n) is 0.654. The van der Waals surface area contributed by atoms with E-state index in [1.807, 2.05) is 0 Å². The van der Waals surface area contributed by atoms with Crippen LogP contribution in [0.2, 0.25) is 0 Å². The molecule has 1 rings (SSSR count). The van der Waals surface area contributed by atoms with Crippen LogP contribution < -0.4 is 0 Å². The molecule has 0 bridgehead atoms. The van der Waals surface area contributed by atoms with E-state index in [0.29, 0.717) is 0 Å². The third kappa shape index (κ3) is 4.68. The first-order chi connectivity index (χ1) is 3.93. The monoisotopic (exact) mass is 258 g/mol. The summed E-state index contributed by atoms with van der Waals surface area (Å²) in [6, 6.07) is 0. The Morgan fingerprint density at radius 2 is 2.20 bits per heavy atom. The van der Waals surface area contributed by atoms with Crippen LogP contribution in [0.1, 0.15) is 6.42 Å². The Bertz CT molecular complexity index is 134. The van der Waals surface area contributed by atoms with Crippen LogP contribution in [0.4, 0.5) is 0 Å². The van der Waals surface area contributed by atoms with E-state index in [4.69, 9.17) is 2.81 Å². The Labute approximate surface area is 85.9 Å². The summed E-state index contributed by atoms with van der Waals surface area (Å²) in [6.45, 7) is 0. The van der Waals surface area contributed by atoms with Gasteiger partial charge in [-0.2, -0.15) is 0 Å². The van der Waals surface area contributed by atoms with Gasteiger partial charge in [0.2, 0.25) is 0 Å². The Hall–Kier alpha value is 0.903. The standard InChI is InChI=1S/C5H5.CH3O.2ClH.Zr/c1-2-4-5-3-1;1-2;;;/h1-3H,4H2;1H3;2*1H;/q;-1;;;+1. The van der Waals surface area contributed by atoms with E-state index in [0.717, 1.165) is 6.42 Å². The normalized spacial score (nSPS) is 13.1. The van der Waals surface area contributed by atoms with Crippen molar-refractivity contribution >= 4 is 24.8 Å².